The predicted molar refractivity (Wildman–Crippen MR) is 111 cm³/mol. The lowest BCUT2D eigenvalue weighted by Crippen LogP contribution is -2.53. The first-order valence-corrected chi connectivity index (χ1v) is 10.2. The number of nitrogens with one attached hydrogen (secondary N) is 1. The van der Waals surface area contributed by atoms with Crippen LogP contribution in [0.2, 0.25) is 0 Å². The number of nitrogens with zero attached hydrogens (tertiary/aromatic N) is 2. The average Bonchev–Trinajstić information content (AvgIpc) is 3.13. The summed E-state index contributed by atoms with van der Waals surface area (Å²) in [6.45, 7) is 0. The van der Waals surface area contributed by atoms with Crippen LogP contribution in [-0.2, 0) is 0 Å². The zero-order chi connectivity index (χ0) is 19.0. The van der Waals surface area contributed by atoms with Crippen molar-refractivity contribution in [3.63, 3.8) is 0 Å². The van der Waals surface area contributed by atoms with E-state index in [-0.39, 0.29) is 36.1 Å². The summed E-state index contributed by atoms with van der Waals surface area (Å²) < 4.78 is 0. The number of hydrogen-bond acceptors (Lipinski definition) is 6. The number of nitro groups is 1. The molecule has 2 unspecified atom stereocenters. The first kappa shape index (κ1) is 20.7. The highest BCUT2D eigenvalue weighted by Gasteiger charge is 2.40. The van der Waals surface area contributed by atoms with Gasteiger partial charge in [-0.05, 0) is 49.7 Å². The molecule has 9 heteroatoms. The van der Waals surface area contributed by atoms with Crippen LogP contribution in [0, 0.1) is 22.0 Å². The second kappa shape index (κ2) is 8.55. The van der Waals surface area contributed by atoms with E-state index in [0.29, 0.717) is 22.5 Å². The Labute approximate surface area is 173 Å². The summed E-state index contributed by atoms with van der Waals surface area (Å²) in [4.78, 5) is 27.5. The number of nitro benzene ring substituents is 1. The molecule has 2 saturated carbocycles. The Hall–Kier alpha value is -2.03. The molecule has 2 aliphatic rings. The van der Waals surface area contributed by atoms with Gasteiger partial charge < -0.3 is 11.1 Å². The Morgan fingerprint density at radius 3 is 2.46 bits per heavy atom. The molecule has 28 heavy (non-hydrogen) atoms. The van der Waals surface area contributed by atoms with Gasteiger partial charge in [-0.25, -0.2) is 4.98 Å². The maximum atomic E-state index is 12.7. The Morgan fingerprint density at radius 2 is 1.86 bits per heavy atom. The maximum absolute atomic E-state index is 12.7. The summed E-state index contributed by atoms with van der Waals surface area (Å²) in [6.07, 6.45) is 5.43. The monoisotopic (exact) mass is 422 g/mol. The fraction of sp³-hybridized carbons (Fsp3) is 0.474. The molecule has 150 valence electrons. The fourth-order valence-corrected chi connectivity index (χ4v) is 5.29. The number of hydrogen-bond donors (Lipinski definition) is 2. The summed E-state index contributed by atoms with van der Waals surface area (Å²) in [5.74, 6) is 0.783. The first-order chi connectivity index (χ1) is 13.0. The summed E-state index contributed by atoms with van der Waals surface area (Å²) >= 11 is 1.37. The Bertz CT molecular complexity index is 843. The van der Waals surface area contributed by atoms with Crippen LogP contribution in [0.15, 0.2) is 29.6 Å². The van der Waals surface area contributed by atoms with Gasteiger partial charge in [0.2, 0.25) is 0 Å². The first-order valence-electron chi connectivity index (χ1n) is 9.28. The van der Waals surface area contributed by atoms with Crippen LogP contribution in [0.4, 0.5) is 5.69 Å². The van der Waals surface area contributed by atoms with Crippen molar-refractivity contribution in [3.8, 4) is 10.6 Å². The molecule has 2 aromatic rings. The van der Waals surface area contributed by atoms with Gasteiger partial charge in [-0.15, -0.1) is 23.7 Å². The molecule has 2 aliphatic carbocycles. The highest BCUT2D eigenvalue weighted by Crippen LogP contribution is 2.39. The van der Waals surface area contributed by atoms with E-state index in [1.165, 1.54) is 29.9 Å². The molecule has 2 bridgehead atoms. The van der Waals surface area contributed by atoms with Gasteiger partial charge in [0.25, 0.3) is 11.6 Å². The molecular weight excluding hydrogens is 400 g/mol. The third kappa shape index (κ3) is 4.19. The number of fused-ring (bicyclic) bond motifs is 2. The van der Waals surface area contributed by atoms with Crippen LogP contribution in [0.5, 0.6) is 0 Å². The van der Waals surface area contributed by atoms with Crippen molar-refractivity contribution in [2.75, 3.05) is 0 Å². The molecular formula is C19H23ClN4O3S. The summed E-state index contributed by atoms with van der Waals surface area (Å²) in [5.41, 5.74) is 7.37. The van der Waals surface area contributed by atoms with Crippen molar-refractivity contribution in [2.45, 2.75) is 44.2 Å². The Kier molecular flexibility index (Phi) is 6.32. The number of halogens is 1. The van der Waals surface area contributed by atoms with Gasteiger partial charge in [0, 0.05) is 35.2 Å². The van der Waals surface area contributed by atoms with E-state index in [0.717, 1.165) is 31.2 Å². The fourth-order valence-electron chi connectivity index (χ4n) is 4.49. The van der Waals surface area contributed by atoms with Crippen molar-refractivity contribution >= 4 is 35.3 Å². The second-order valence-electron chi connectivity index (χ2n) is 7.52. The number of non-ortho nitro benzene ring substituents is 1. The number of carbonyl (C=O) groups excluding carboxylic acids is 1. The summed E-state index contributed by atoms with van der Waals surface area (Å²) in [6, 6.07) is 6.65. The molecule has 0 spiro atoms. The molecule has 0 radical (unpaired) electrons. The maximum Gasteiger partial charge on any atom is 0.271 e. The summed E-state index contributed by atoms with van der Waals surface area (Å²) in [5, 5.41) is 16.4. The topological polar surface area (TPSA) is 111 Å². The quantitative estimate of drug-likeness (QED) is 0.575. The van der Waals surface area contributed by atoms with Gasteiger partial charge in [-0.1, -0.05) is 6.42 Å². The molecule has 1 aromatic heterocycles. The van der Waals surface area contributed by atoms with Crippen molar-refractivity contribution in [2.24, 2.45) is 17.6 Å². The van der Waals surface area contributed by atoms with Crippen LogP contribution < -0.4 is 11.1 Å². The zero-order valence-electron chi connectivity index (χ0n) is 15.2. The van der Waals surface area contributed by atoms with Crippen molar-refractivity contribution in [1.29, 1.82) is 0 Å². The third-order valence-electron chi connectivity index (χ3n) is 5.74. The number of aromatic nitrogens is 1. The van der Waals surface area contributed by atoms with Crippen LogP contribution >= 0.6 is 23.7 Å². The average molecular weight is 423 g/mol. The molecule has 2 atom stereocenters. The number of benzene rings is 1. The zero-order valence-corrected chi connectivity index (χ0v) is 16.9. The summed E-state index contributed by atoms with van der Waals surface area (Å²) in [7, 11) is 0. The van der Waals surface area contributed by atoms with E-state index >= 15 is 0 Å². The number of carbonyl (C=O) groups is 1. The molecule has 1 amide bonds. The van der Waals surface area contributed by atoms with E-state index in [1.807, 2.05) is 0 Å². The minimum atomic E-state index is -0.433. The van der Waals surface area contributed by atoms with Crippen LogP contribution in [-0.4, -0.2) is 27.9 Å². The minimum Gasteiger partial charge on any atom is -0.347 e. The van der Waals surface area contributed by atoms with E-state index in [4.69, 9.17) is 5.73 Å². The lowest BCUT2D eigenvalue weighted by molar-refractivity contribution is -0.384. The predicted octanol–water partition coefficient (Wildman–Crippen LogP) is 3.78. The normalized spacial score (nSPS) is 26.2. The van der Waals surface area contributed by atoms with Crippen molar-refractivity contribution in [1.82, 2.24) is 10.3 Å². The standard InChI is InChI=1S/C19H22N4O3S.ClH/c20-14-8-12-2-1-3-13(9-14)17(12)22-18(24)16-10-27-19(21-16)11-4-6-15(7-5-11)23(25)26;/h4-7,10,12-14,17H,1-3,8-9,20H2,(H,22,24);1H. The van der Waals surface area contributed by atoms with Crippen LogP contribution in [0.25, 0.3) is 10.6 Å². The van der Waals surface area contributed by atoms with Gasteiger partial charge in [0.15, 0.2) is 0 Å². The number of rotatable bonds is 4. The van der Waals surface area contributed by atoms with Gasteiger partial charge in [0.1, 0.15) is 10.7 Å². The lowest BCUT2D eigenvalue weighted by atomic mass is 9.67. The highest BCUT2D eigenvalue weighted by molar-refractivity contribution is 7.13. The lowest BCUT2D eigenvalue weighted by Gasteiger charge is -2.45. The van der Waals surface area contributed by atoms with Gasteiger partial charge in [0.05, 0.1) is 4.92 Å². The number of thiazole rings is 1. The van der Waals surface area contributed by atoms with Gasteiger partial charge >= 0.3 is 0 Å². The largest absolute Gasteiger partial charge is 0.347 e. The Balaban J connectivity index is 0.00000225. The highest BCUT2D eigenvalue weighted by atomic mass is 35.5. The van der Waals surface area contributed by atoms with Gasteiger partial charge in [-0.2, -0.15) is 0 Å². The van der Waals surface area contributed by atoms with Crippen molar-refractivity contribution in [3.05, 3.63) is 45.5 Å². The molecule has 3 N–H and O–H groups in total. The van der Waals surface area contributed by atoms with E-state index < -0.39 is 4.92 Å². The molecule has 7 nitrogen and oxygen atoms in total. The van der Waals surface area contributed by atoms with E-state index in [1.54, 1.807) is 17.5 Å². The minimum absolute atomic E-state index is 0. The van der Waals surface area contributed by atoms with Crippen molar-refractivity contribution < 1.29 is 9.72 Å². The smallest absolute Gasteiger partial charge is 0.271 e. The molecule has 4 rings (SSSR count). The molecule has 2 fully saturated rings. The van der Waals surface area contributed by atoms with Crippen LogP contribution in [0.1, 0.15) is 42.6 Å². The Morgan fingerprint density at radius 1 is 1.21 bits per heavy atom. The van der Waals surface area contributed by atoms with E-state index in [9.17, 15) is 14.9 Å². The molecule has 1 heterocycles. The molecule has 0 aliphatic heterocycles. The number of amides is 1. The van der Waals surface area contributed by atoms with Gasteiger partial charge in [-0.3, -0.25) is 14.9 Å². The van der Waals surface area contributed by atoms with E-state index in [2.05, 4.69) is 10.3 Å². The number of nitrogens with two attached hydrogens (primary N) is 1. The molecule has 1 aromatic carbocycles. The van der Waals surface area contributed by atoms with Crippen LogP contribution in [0.3, 0.4) is 0 Å². The molecule has 0 saturated heterocycles. The third-order valence-corrected chi connectivity index (χ3v) is 6.63. The second-order valence-corrected chi connectivity index (χ2v) is 8.38. The SMILES string of the molecule is Cl.NC1CC2CCCC(C1)C2NC(=O)c1csc(-c2ccc([N+](=O)[O-])cc2)n1.